The van der Waals surface area contributed by atoms with E-state index in [0.29, 0.717) is 46.8 Å². The summed E-state index contributed by atoms with van der Waals surface area (Å²) in [6, 6.07) is 12.3. The molecule has 0 spiro atoms. The predicted molar refractivity (Wildman–Crippen MR) is 158 cm³/mol. The molecule has 1 amide bonds. The first-order valence-electron chi connectivity index (χ1n) is 14.0. The summed E-state index contributed by atoms with van der Waals surface area (Å²) in [6.07, 6.45) is 0.233. The number of benzene rings is 2. The van der Waals surface area contributed by atoms with Crippen LogP contribution in [-0.4, -0.2) is 74.1 Å². The average molecular weight is 603 g/mol. The lowest BCUT2D eigenvalue weighted by Gasteiger charge is -2.33. The number of carbonyl (C=O) groups is 1. The Morgan fingerprint density at radius 3 is 2.61 bits per heavy atom. The van der Waals surface area contributed by atoms with E-state index in [1.165, 1.54) is 24.4 Å². The number of amides is 1. The Labute approximate surface area is 250 Å². The van der Waals surface area contributed by atoms with E-state index in [2.05, 4.69) is 35.4 Å². The van der Waals surface area contributed by atoms with Crippen LogP contribution in [-0.2, 0) is 12.7 Å². The summed E-state index contributed by atoms with van der Waals surface area (Å²) < 4.78 is 48.3. The van der Waals surface area contributed by atoms with Crippen molar-refractivity contribution in [3.05, 3.63) is 89.4 Å². The highest BCUT2D eigenvalue weighted by Crippen LogP contribution is 2.35. The van der Waals surface area contributed by atoms with Gasteiger partial charge in [-0.3, -0.25) is 19.8 Å². The molecule has 1 aliphatic heterocycles. The lowest BCUT2D eigenvalue weighted by molar-refractivity contribution is -0.138. The van der Waals surface area contributed by atoms with Crippen molar-refractivity contribution in [3.63, 3.8) is 0 Å². The minimum absolute atomic E-state index is 0.0458. The number of fused-ring (bicyclic) bond motifs is 1. The number of rotatable bonds is 7. The molecule has 6 rings (SSSR count). The highest BCUT2D eigenvalue weighted by molar-refractivity contribution is 6.04. The fourth-order valence-corrected chi connectivity index (χ4v) is 4.97. The summed E-state index contributed by atoms with van der Waals surface area (Å²) in [5.74, 6) is 0.346. The number of hydrogen-bond donors (Lipinski definition) is 2. The van der Waals surface area contributed by atoms with Crippen molar-refractivity contribution in [2.24, 2.45) is 0 Å². The molecule has 0 radical (unpaired) electrons. The third-order valence-electron chi connectivity index (χ3n) is 7.51. The number of H-pyrrole nitrogens is 1. The maximum Gasteiger partial charge on any atom is 0.416 e. The maximum absolute atomic E-state index is 14.1. The van der Waals surface area contributed by atoms with E-state index < -0.39 is 17.6 Å². The monoisotopic (exact) mass is 602 g/mol. The van der Waals surface area contributed by atoms with E-state index in [9.17, 15) is 18.0 Å². The number of likely N-dealkylation sites (N-methyl/N-ethyl adjacent to an activating group) is 1. The van der Waals surface area contributed by atoms with Crippen LogP contribution in [0.25, 0.3) is 22.4 Å². The standard InChI is InChI=1S/C31H29F3N8O2/c1-19-5-6-20(14-26(19)44-30-24-17-36-40-28(24)38-27(39-30)21-4-3-9-35-16-21)29(43)37-23-8-7-22(25(15-23)31(32,33)34)18-42-12-10-41(2)11-13-42/h3-9,14-17H,10-13,18H2,1-2H3,(H,37,43)(H,36,38,39,40). The number of piperazine rings is 1. The SMILES string of the molecule is Cc1ccc(C(=O)Nc2ccc(CN3CCN(C)CC3)c(C(F)(F)F)c2)cc1Oc1nc(-c2cccnc2)nc2[nH]ncc12. The number of anilines is 1. The van der Waals surface area contributed by atoms with Gasteiger partial charge in [0.1, 0.15) is 11.1 Å². The van der Waals surface area contributed by atoms with Crippen LogP contribution in [0.3, 0.4) is 0 Å². The smallest absolute Gasteiger partial charge is 0.416 e. The third-order valence-corrected chi connectivity index (χ3v) is 7.51. The molecule has 0 unspecified atom stereocenters. The van der Waals surface area contributed by atoms with Crippen molar-refractivity contribution in [2.45, 2.75) is 19.6 Å². The molecular weight excluding hydrogens is 573 g/mol. The van der Waals surface area contributed by atoms with Crippen LogP contribution in [0.15, 0.2) is 67.1 Å². The van der Waals surface area contributed by atoms with Gasteiger partial charge >= 0.3 is 6.18 Å². The molecule has 13 heteroatoms. The topological polar surface area (TPSA) is 112 Å². The first kappa shape index (κ1) is 29.2. The molecule has 4 heterocycles. The van der Waals surface area contributed by atoms with Crippen LogP contribution in [0.2, 0.25) is 0 Å². The number of nitrogens with one attached hydrogen (secondary N) is 2. The van der Waals surface area contributed by atoms with Gasteiger partial charge in [-0.25, -0.2) is 4.98 Å². The van der Waals surface area contributed by atoms with Crippen LogP contribution in [0, 0.1) is 6.92 Å². The van der Waals surface area contributed by atoms with Crippen LogP contribution in [0.1, 0.15) is 27.0 Å². The molecule has 2 aromatic carbocycles. The molecule has 1 aliphatic rings. The van der Waals surface area contributed by atoms with Gasteiger partial charge in [-0.1, -0.05) is 12.1 Å². The molecule has 3 aromatic heterocycles. The third kappa shape index (κ3) is 6.38. The van der Waals surface area contributed by atoms with Crippen LogP contribution >= 0.6 is 0 Å². The largest absolute Gasteiger partial charge is 0.438 e. The Morgan fingerprint density at radius 2 is 1.86 bits per heavy atom. The summed E-state index contributed by atoms with van der Waals surface area (Å²) in [5, 5.41) is 10.0. The van der Waals surface area contributed by atoms with Gasteiger partial charge in [0.2, 0.25) is 5.88 Å². The molecule has 1 saturated heterocycles. The molecule has 1 fully saturated rings. The van der Waals surface area contributed by atoms with Crippen LogP contribution in [0.4, 0.5) is 18.9 Å². The van der Waals surface area contributed by atoms with Crippen molar-refractivity contribution in [3.8, 4) is 23.0 Å². The van der Waals surface area contributed by atoms with E-state index in [1.807, 2.05) is 24.9 Å². The number of aromatic nitrogens is 5. The molecule has 226 valence electrons. The van der Waals surface area contributed by atoms with Crippen LogP contribution < -0.4 is 10.1 Å². The maximum atomic E-state index is 14.1. The molecule has 0 saturated carbocycles. The van der Waals surface area contributed by atoms with Crippen LogP contribution in [0.5, 0.6) is 11.6 Å². The average Bonchev–Trinajstić information content (AvgIpc) is 3.49. The molecule has 0 aliphatic carbocycles. The number of aryl methyl sites for hydroxylation is 1. The van der Waals surface area contributed by atoms with Crippen molar-refractivity contribution in [1.29, 1.82) is 0 Å². The molecule has 44 heavy (non-hydrogen) atoms. The second-order valence-electron chi connectivity index (χ2n) is 10.7. The van der Waals surface area contributed by atoms with Gasteiger partial charge in [-0.15, -0.1) is 0 Å². The van der Waals surface area contributed by atoms with Crippen molar-refractivity contribution >= 4 is 22.6 Å². The fourth-order valence-electron chi connectivity index (χ4n) is 4.97. The summed E-state index contributed by atoms with van der Waals surface area (Å²) in [6.45, 7) is 4.97. The first-order chi connectivity index (χ1) is 21.1. The van der Waals surface area contributed by atoms with Gasteiger partial charge in [0.25, 0.3) is 5.91 Å². The second-order valence-corrected chi connectivity index (χ2v) is 10.7. The number of pyridine rings is 1. The fraction of sp³-hybridized carbons (Fsp3) is 0.258. The zero-order chi connectivity index (χ0) is 30.8. The number of ether oxygens (including phenoxy) is 1. The van der Waals surface area contributed by atoms with Gasteiger partial charge in [-0.05, 0) is 61.5 Å². The number of halogens is 3. The number of alkyl halides is 3. The first-order valence-corrected chi connectivity index (χ1v) is 14.0. The Kier molecular flexibility index (Phi) is 7.97. The zero-order valence-corrected chi connectivity index (χ0v) is 24.0. The molecule has 0 bridgehead atoms. The number of nitrogens with zero attached hydrogens (tertiary/aromatic N) is 6. The number of aromatic amines is 1. The van der Waals surface area contributed by atoms with Crippen molar-refractivity contribution < 1.29 is 22.7 Å². The number of hydrogen-bond acceptors (Lipinski definition) is 8. The van der Waals surface area contributed by atoms with Gasteiger partial charge in [0.15, 0.2) is 11.5 Å². The van der Waals surface area contributed by atoms with E-state index in [0.717, 1.165) is 19.2 Å². The predicted octanol–water partition coefficient (Wildman–Crippen LogP) is 5.53. The zero-order valence-electron chi connectivity index (χ0n) is 24.0. The Balaban J connectivity index is 1.24. The summed E-state index contributed by atoms with van der Waals surface area (Å²) in [4.78, 5) is 30.5. The quantitative estimate of drug-likeness (QED) is 0.250. The minimum atomic E-state index is -4.57. The summed E-state index contributed by atoms with van der Waals surface area (Å²) >= 11 is 0. The van der Waals surface area contributed by atoms with E-state index in [-0.39, 0.29) is 29.2 Å². The Bertz CT molecular complexity index is 1800. The number of carbonyl (C=O) groups excluding carboxylic acids is 1. The summed E-state index contributed by atoms with van der Waals surface area (Å²) in [7, 11) is 1.99. The van der Waals surface area contributed by atoms with E-state index in [1.54, 1.807) is 30.6 Å². The van der Waals surface area contributed by atoms with Gasteiger partial charge in [-0.2, -0.15) is 23.3 Å². The second kappa shape index (κ2) is 12.0. The Hall–Kier alpha value is -4.88. The van der Waals surface area contributed by atoms with Gasteiger partial charge in [0, 0.05) is 61.9 Å². The highest BCUT2D eigenvalue weighted by Gasteiger charge is 2.34. The molecule has 5 aromatic rings. The summed E-state index contributed by atoms with van der Waals surface area (Å²) in [5.41, 5.74) is 1.50. The van der Waals surface area contributed by atoms with E-state index >= 15 is 0 Å². The Morgan fingerprint density at radius 1 is 1.05 bits per heavy atom. The molecule has 2 N–H and O–H groups in total. The van der Waals surface area contributed by atoms with E-state index in [4.69, 9.17) is 4.74 Å². The van der Waals surface area contributed by atoms with Gasteiger partial charge in [0.05, 0.1) is 11.8 Å². The minimum Gasteiger partial charge on any atom is -0.438 e. The lowest BCUT2D eigenvalue weighted by atomic mass is 10.0. The molecular formula is C31H29F3N8O2. The highest BCUT2D eigenvalue weighted by atomic mass is 19.4. The van der Waals surface area contributed by atoms with Gasteiger partial charge < -0.3 is 15.0 Å². The lowest BCUT2D eigenvalue weighted by Crippen LogP contribution is -2.44. The van der Waals surface area contributed by atoms with Crippen molar-refractivity contribution in [1.82, 2.24) is 34.9 Å². The van der Waals surface area contributed by atoms with Crippen molar-refractivity contribution in [2.75, 3.05) is 38.5 Å². The molecule has 0 atom stereocenters. The normalized spacial score (nSPS) is 14.6. The molecule has 10 nitrogen and oxygen atoms in total.